The fraction of sp³-hybridized carbons (Fsp3) is 1.00. The van der Waals surface area contributed by atoms with Crippen molar-refractivity contribution in [2.75, 3.05) is 32.2 Å². The summed E-state index contributed by atoms with van der Waals surface area (Å²) in [5.74, 6) is -1.71. The molecule has 2 unspecified atom stereocenters. The lowest BCUT2D eigenvalue weighted by Gasteiger charge is -2.34. The van der Waals surface area contributed by atoms with Gasteiger partial charge in [0.25, 0.3) is 10.1 Å². The Morgan fingerprint density at radius 3 is 2.29 bits per heavy atom. The van der Waals surface area contributed by atoms with Crippen LogP contribution in [0, 0.1) is 11.8 Å². The highest BCUT2D eigenvalue weighted by atomic mass is 32.3. The van der Waals surface area contributed by atoms with Crippen molar-refractivity contribution in [2.24, 2.45) is 11.8 Å². The molecular weight excluding hydrogens is 392 g/mol. The summed E-state index contributed by atoms with van der Waals surface area (Å²) in [7, 11) is -12.2. The first-order chi connectivity index (χ1) is 11.0. The summed E-state index contributed by atoms with van der Waals surface area (Å²) in [5, 5.41) is 0. The highest BCUT2D eigenvalue weighted by Crippen LogP contribution is 2.30. The van der Waals surface area contributed by atoms with Crippen LogP contribution < -0.4 is 0 Å². The van der Waals surface area contributed by atoms with E-state index in [4.69, 9.17) is 4.18 Å². The van der Waals surface area contributed by atoms with Crippen molar-refractivity contribution in [3.63, 3.8) is 0 Å². The van der Waals surface area contributed by atoms with Crippen molar-refractivity contribution in [1.29, 1.82) is 0 Å². The van der Waals surface area contributed by atoms with Gasteiger partial charge in [-0.15, -0.1) is 0 Å². The summed E-state index contributed by atoms with van der Waals surface area (Å²) in [6.45, 7) is 0.393. The fourth-order valence-electron chi connectivity index (χ4n) is 2.34. The summed E-state index contributed by atoms with van der Waals surface area (Å²) < 4.78 is 91.5. The molecule has 0 bridgehead atoms. The van der Waals surface area contributed by atoms with Gasteiger partial charge in [0.1, 0.15) is 0 Å². The van der Waals surface area contributed by atoms with Crippen LogP contribution in [0.5, 0.6) is 0 Å². The van der Waals surface area contributed by atoms with E-state index in [2.05, 4.69) is 16.7 Å². The third-order valence-corrected chi connectivity index (χ3v) is 6.58. The second-order valence-electron chi connectivity index (χ2n) is 5.30. The summed E-state index contributed by atoms with van der Waals surface area (Å²) >= 11 is 0. The van der Waals surface area contributed by atoms with Crippen LogP contribution >= 0.6 is 0 Å². The zero-order valence-corrected chi connectivity index (χ0v) is 15.1. The van der Waals surface area contributed by atoms with E-state index in [0.29, 0.717) is 0 Å². The highest BCUT2D eigenvalue weighted by molar-refractivity contribution is 7.86. The molecule has 2 aliphatic heterocycles. The number of rotatable bonds is 6. The van der Waals surface area contributed by atoms with Crippen molar-refractivity contribution in [1.82, 2.24) is 0 Å². The quantitative estimate of drug-likeness (QED) is 0.492. The standard InChI is InChI=1S/C10H18O11S3/c1-2-17-23(13,14)18-4-8-3-10(21-22(11,12)7-8)9-5-19-24(15,16)20-6-9/h8-10H,2-7H2,1H3. The van der Waals surface area contributed by atoms with E-state index >= 15 is 0 Å². The van der Waals surface area contributed by atoms with E-state index in [-0.39, 0.29) is 26.2 Å². The van der Waals surface area contributed by atoms with Crippen molar-refractivity contribution in [3.05, 3.63) is 0 Å². The Morgan fingerprint density at radius 2 is 1.71 bits per heavy atom. The van der Waals surface area contributed by atoms with Crippen molar-refractivity contribution in [2.45, 2.75) is 19.4 Å². The Hall–Kier alpha value is -0.350. The molecule has 2 atom stereocenters. The Bertz CT molecular complexity index is 725. The Kier molecular flexibility index (Phi) is 6.23. The lowest BCUT2D eigenvalue weighted by atomic mass is 9.95. The second kappa shape index (κ2) is 7.49. The first-order valence-electron chi connectivity index (χ1n) is 7.00. The van der Waals surface area contributed by atoms with Crippen LogP contribution in [0.3, 0.4) is 0 Å². The predicted molar refractivity (Wildman–Crippen MR) is 77.6 cm³/mol. The van der Waals surface area contributed by atoms with Gasteiger partial charge in [0, 0.05) is 11.8 Å². The molecule has 142 valence electrons. The molecule has 0 amide bonds. The fourth-order valence-corrected chi connectivity index (χ4v) is 5.30. The Balaban J connectivity index is 1.99. The van der Waals surface area contributed by atoms with Gasteiger partial charge >= 0.3 is 20.8 Å². The number of hydrogen-bond acceptors (Lipinski definition) is 11. The Labute approximate surface area is 141 Å². The van der Waals surface area contributed by atoms with E-state index in [0.717, 1.165) is 0 Å². The largest absolute Gasteiger partial charge is 0.399 e. The van der Waals surface area contributed by atoms with E-state index in [1.54, 1.807) is 0 Å². The number of hydrogen-bond donors (Lipinski definition) is 0. The first-order valence-corrected chi connectivity index (χ1v) is 11.2. The van der Waals surface area contributed by atoms with Crippen LogP contribution in [0.2, 0.25) is 0 Å². The van der Waals surface area contributed by atoms with Crippen LogP contribution in [-0.4, -0.2) is 63.5 Å². The van der Waals surface area contributed by atoms with Gasteiger partial charge in [-0.05, 0) is 13.3 Å². The molecule has 2 saturated heterocycles. The molecule has 2 rings (SSSR count). The van der Waals surface area contributed by atoms with Crippen molar-refractivity contribution < 1.29 is 46.2 Å². The molecule has 0 saturated carbocycles. The maximum atomic E-state index is 11.8. The van der Waals surface area contributed by atoms with Crippen molar-refractivity contribution in [3.8, 4) is 0 Å². The summed E-state index contributed by atoms with van der Waals surface area (Å²) in [5.41, 5.74) is 0. The predicted octanol–water partition coefficient (Wildman–Crippen LogP) is -1.07. The minimum atomic E-state index is -4.19. The third kappa shape index (κ3) is 5.87. The maximum absolute atomic E-state index is 11.8. The van der Waals surface area contributed by atoms with E-state index in [9.17, 15) is 25.3 Å². The minimum Gasteiger partial charge on any atom is -0.266 e. The molecule has 2 heterocycles. The molecule has 0 radical (unpaired) electrons. The molecule has 0 N–H and O–H groups in total. The van der Waals surface area contributed by atoms with E-state index in [1.807, 2.05) is 0 Å². The van der Waals surface area contributed by atoms with Crippen LogP contribution in [0.25, 0.3) is 0 Å². The highest BCUT2D eigenvalue weighted by Gasteiger charge is 2.40. The molecule has 11 nitrogen and oxygen atoms in total. The summed E-state index contributed by atoms with van der Waals surface area (Å²) in [6.07, 6.45) is -0.763. The second-order valence-corrected chi connectivity index (χ2v) is 9.51. The molecule has 24 heavy (non-hydrogen) atoms. The molecule has 0 aromatic rings. The molecule has 14 heteroatoms. The van der Waals surface area contributed by atoms with Gasteiger partial charge in [0.05, 0.1) is 38.3 Å². The molecule has 0 aliphatic carbocycles. The van der Waals surface area contributed by atoms with Crippen LogP contribution in [-0.2, 0) is 51.8 Å². The Morgan fingerprint density at radius 1 is 1.08 bits per heavy atom. The van der Waals surface area contributed by atoms with Gasteiger partial charge in [0.15, 0.2) is 0 Å². The zero-order valence-electron chi connectivity index (χ0n) is 12.7. The van der Waals surface area contributed by atoms with Gasteiger partial charge in [0.2, 0.25) is 0 Å². The SMILES string of the molecule is CCOS(=O)(=O)OCC1CC(C2COS(=O)(=O)OC2)OS(=O)(=O)C1. The van der Waals surface area contributed by atoms with Crippen LogP contribution in [0.1, 0.15) is 13.3 Å². The average molecular weight is 410 g/mol. The third-order valence-electron chi connectivity index (χ3n) is 3.36. The zero-order chi connectivity index (χ0) is 18.0. The lowest BCUT2D eigenvalue weighted by molar-refractivity contribution is 0.00860. The summed E-state index contributed by atoms with van der Waals surface area (Å²) in [6, 6.07) is 0. The monoisotopic (exact) mass is 410 g/mol. The molecular formula is C10H18O11S3. The van der Waals surface area contributed by atoms with Crippen LogP contribution in [0.4, 0.5) is 0 Å². The lowest BCUT2D eigenvalue weighted by Crippen LogP contribution is -2.44. The van der Waals surface area contributed by atoms with E-state index < -0.39 is 61.2 Å². The van der Waals surface area contributed by atoms with Crippen molar-refractivity contribution >= 4 is 30.9 Å². The molecule has 0 aromatic heterocycles. The first kappa shape index (κ1) is 20.0. The van der Waals surface area contributed by atoms with Gasteiger partial charge in [-0.25, -0.2) is 16.7 Å². The average Bonchev–Trinajstić information content (AvgIpc) is 2.43. The van der Waals surface area contributed by atoms with Gasteiger partial charge in [-0.1, -0.05) is 0 Å². The molecule has 2 aliphatic rings. The summed E-state index contributed by atoms with van der Waals surface area (Å²) in [4.78, 5) is 0. The minimum absolute atomic E-state index is 0.109. The smallest absolute Gasteiger partial charge is 0.266 e. The van der Waals surface area contributed by atoms with Gasteiger partial charge in [-0.2, -0.15) is 25.3 Å². The maximum Gasteiger partial charge on any atom is 0.399 e. The normalized spacial score (nSPS) is 30.9. The molecule has 0 spiro atoms. The van der Waals surface area contributed by atoms with Crippen LogP contribution in [0.15, 0.2) is 0 Å². The van der Waals surface area contributed by atoms with Gasteiger partial charge < -0.3 is 0 Å². The molecule has 0 aromatic carbocycles. The molecule has 2 fully saturated rings. The van der Waals surface area contributed by atoms with Gasteiger partial charge in [-0.3, -0.25) is 4.18 Å². The van der Waals surface area contributed by atoms with E-state index in [1.165, 1.54) is 6.92 Å². The topological polar surface area (TPSA) is 149 Å².